The fourth-order valence-corrected chi connectivity index (χ4v) is 1.44. The lowest BCUT2D eigenvalue weighted by Gasteiger charge is -2.16. The van der Waals surface area contributed by atoms with E-state index in [2.05, 4.69) is 20.8 Å². The number of hydrogen-bond donors (Lipinski definition) is 0. The van der Waals surface area contributed by atoms with Gasteiger partial charge in [-0.1, -0.05) is 32.0 Å². The van der Waals surface area contributed by atoms with E-state index < -0.39 is 0 Å². The van der Waals surface area contributed by atoms with Crippen LogP contribution in [-0.2, 0) is 0 Å². The first kappa shape index (κ1) is 10.1. The van der Waals surface area contributed by atoms with Crippen molar-refractivity contribution >= 4 is 0 Å². The molecule has 1 atom stereocenters. The number of benzene rings is 1. The van der Waals surface area contributed by atoms with E-state index in [1.807, 2.05) is 30.3 Å². The molecule has 0 spiro atoms. The van der Waals surface area contributed by atoms with E-state index in [1.54, 1.807) is 0 Å². The quantitative estimate of drug-likeness (QED) is 0.685. The lowest BCUT2D eigenvalue weighted by molar-refractivity contribution is 0.193. The van der Waals surface area contributed by atoms with Crippen molar-refractivity contribution in [1.82, 2.24) is 0 Å². The number of para-hydroxylation sites is 1. The van der Waals surface area contributed by atoms with Gasteiger partial charge in [-0.3, -0.25) is 0 Å². The molecule has 13 heavy (non-hydrogen) atoms. The first-order valence-corrected chi connectivity index (χ1v) is 4.90. The SMILES string of the molecule is CC(C)CC(C)Oc1ccccc1. The van der Waals surface area contributed by atoms with Crippen molar-refractivity contribution in [2.75, 3.05) is 0 Å². The standard InChI is InChI=1S/C12H18O/c1-10(2)9-11(3)13-12-7-5-4-6-8-12/h4-8,10-11H,9H2,1-3H3. The first-order chi connectivity index (χ1) is 6.18. The van der Waals surface area contributed by atoms with E-state index in [0.717, 1.165) is 12.2 Å². The maximum Gasteiger partial charge on any atom is 0.119 e. The van der Waals surface area contributed by atoms with Crippen LogP contribution in [0.25, 0.3) is 0 Å². The molecular weight excluding hydrogens is 160 g/mol. The Balaban J connectivity index is 2.41. The highest BCUT2D eigenvalue weighted by molar-refractivity contribution is 5.21. The van der Waals surface area contributed by atoms with Crippen LogP contribution in [0, 0.1) is 5.92 Å². The maximum atomic E-state index is 5.73. The topological polar surface area (TPSA) is 9.23 Å². The molecule has 1 unspecified atom stereocenters. The Morgan fingerprint density at radius 3 is 2.23 bits per heavy atom. The zero-order valence-corrected chi connectivity index (χ0v) is 8.66. The largest absolute Gasteiger partial charge is 0.491 e. The van der Waals surface area contributed by atoms with Crippen molar-refractivity contribution in [1.29, 1.82) is 0 Å². The second kappa shape index (κ2) is 4.90. The van der Waals surface area contributed by atoms with Gasteiger partial charge in [-0.2, -0.15) is 0 Å². The molecule has 0 aliphatic heterocycles. The van der Waals surface area contributed by atoms with Crippen LogP contribution in [0.5, 0.6) is 5.75 Å². The molecule has 0 aliphatic rings. The summed E-state index contributed by atoms with van der Waals surface area (Å²) < 4.78 is 5.73. The van der Waals surface area contributed by atoms with Crippen LogP contribution in [0.4, 0.5) is 0 Å². The van der Waals surface area contributed by atoms with E-state index in [1.165, 1.54) is 0 Å². The summed E-state index contributed by atoms with van der Waals surface area (Å²) >= 11 is 0. The van der Waals surface area contributed by atoms with Crippen LogP contribution in [0.2, 0.25) is 0 Å². The van der Waals surface area contributed by atoms with Crippen LogP contribution >= 0.6 is 0 Å². The molecule has 0 saturated carbocycles. The Labute approximate surface area is 80.7 Å². The fraction of sp³-hybridized carbons (Fsp3) is 0.500. The average molecular weight is 178 g/mol. The Kier molecular flexibility index (Phi) is 3.81. The van der Waals surface area contributed by atoms with Crippen LogP contribution in [0.3, 0.4) is 0 Å². The van der Waals surface area contributed by atoms with Gasteiger partial charge in [-0.05, 0) is 31.4 Å². The second-order valence-electron chi connectivity index (χ2n) is 3.87. The lowest BCUT2D eigenvalue weighted by atomic mass is 10.1. The first-order valence-electron chi connectivity index (χ1n) is 4.90. The summed E-state index contributed by atoms with van der Waals surface area (Å²) in [7, 11) is 0. The molecule has 0 radical (unpaired) electrons. The van der Waals surface area contributed by atoms with Gasteiger partial charge in [0.1, 0.15) is 5.75 Å². The summed E-state index contributed by atoms with van der Waals surface area (Å²) in [4.78, 5) is 0. The molecule has 72 valence electrons. The minimum Gasteiger partial charge on any atom is -0.491 e. The molecule has 0 N–H and O–H groups in total. The molecule has 1 aromatic rings. The Morgan fingerprint density at radius 2 is 1.69 bits per heavy atom. The molecule has 0 amide bonds. The van der Waals surface area contributed by atoms with Gasteiger partial charge < -0.3 is 4.74 Å². The normalized spacial score (nSPS) is 12.9. The summed E-state index contributed by atoms with van der Waals surface area (Å²) in [5.41, 5.74) is 0. The van der Waals surface area contributed by atoms with E-state index in [9.17, 15) is 0 Å². The molecule has 0 heterocycles. The van der Waals surface area contributed by atoms with E-state index in [-0.39, 0.29) is 0 Å². The van der Waals surface area contributed by atoms with Crippen LogP contribution in [-0.4, -0.2) is 6.10 Å². The highest BCUT2D eigenvalue weighted by Gasteiger charge is 2.05. The fourth-order valence-electron chi connectivity index (χ4n) is 1.44. The van der Waals surface area contributed by atoms with Crippen molar-refractivity contribution in [3.8, 4) is 5.75 Å². The Bertz CT molecular complexity index is 228. The summed E-state index contributed by atoms with van der Waals surface area (Å²) in [5.74, 6) is 1.66. The predicted molar refractivity (Wildman–Crippen MR) is 56.0 cm³/mol. The van der Waals surface area contributed by atoms with Gasteiger partial charge >= 0.3 is 0 Å². The predicted octanol–water partition coefficient (Wildman–Crippen LogP) is 3.50. The third-order valence-electron chi connectivity index (χ3n) is 1.88. The van der Waals surface area contributed by atoms with Gasteiger partial charge in [0.25, 0.3) is 0 Å². The summed E-state index contributed by atoms with van der Waals surface area (Å²) in [5, 5.41) is 0. The van der Waals surface area contributed by atoms with Gasteiger partial charge in [-0.25, -0.2) is 0 Å². The molecule has 0 aliphatic carbocycles. The molecule has 0 bridgehead atoms. The molecule has 0 fully saturated rings. The second-order valence-corrected chi connectivity index (χ2v) is 3.87. The average Bonchev–Trinajstić information content (AvgIpc) is 2.04. The number of hydrogen-bond acceptors (Lipinski definition) is 1. The monoisotopic (exact) mass is 178 g/mol. The smallest absolute Gasteiger partial charge is 0.119 e. The van der Waals surface area contributed by atoms with Crippen LogP contribution in [0.15, 0.2) is 30.3 Å². The Hall–Kier alpha value is -0.980. The molecular formula is C12H18O. The highest BCUT2D eigenvalue weighted by Crippen LogP contribution is 2.14. The zero-order valence-electron chi connectivity index (χ0n) is 8.66. The van der Waals surface area contributed by atoms with Gasteiger partial charge in [0, 0.05) is 0 Å². The molecule has 1 nitrogen and oxygen atoms in total. The minimum absolute atomic E-state index is 0.308. The van der Waals surface area contributed by atoms with Gasteiger partial charge in [0.2, 0.25) is 0 Å². The Morgan fingerprint density at radius 1 is 1.08 bits per heavy atom. The molecule has 1 rings (SSSR count). The van der Waals surface area contributed by atoms with Crippen molar-refractivity contribution in [3.63, 3.8) is 0 Å². The van der Waals surface area contributed by atoms with Crippen LogP contribution in [0.1, 0.15) is 27.2 Å². The van der Waals surface area contributed by atoms with Gasteiger partial charge in [-0.15, -0.1) is 0 Å². The van der Waals surface area contributed by atoms with Crippen molar-refractivity contribution < 1.29 is 4.74 Å². The minimum atomic E-state index is 0.308. The lowest BCUT2D eigenvalue weighted by Crippen LogP contribution is -2.14. The molecule has 1 heteroatoms. The number of ether oxygens (including phenoxy) is 1. The van der Waals surface area contributed by atoms with Crippen molar-refractivity contribution in [3.05, 3.63) is 30.3 Å². The molecule has 0 saturated heterocycles. The van der Waals surface area contributed by atoms with E-state index in [0.29, 0.717) is 12.0 Å². The summed E-state index contributed by atoms with van der Waals surface area (Å²) in [6.45, 7) is 6.54. The summed E-state index contributed by atoms with van der Waals surface area (Å²) in [6, 6.07) is 9.99. The maximum absolute atomic E-state index is 5.73. The van der Waals surface area contributed by atoms with Gasteiger partial charge in [0.05, 0.1) is 6.10 Å². The highest BCUT2D eigenvalue weighted by atomic mass is 16.5. The molecule has 0 aromatic heterocycles. The van der Waals surface area contributed by atoms with E-state index in [4.69, 9.17) is 4.74 Å². The van der Waals surface area contributed by atoms with Crippen molar-refractivity contribution in [2.45, 2.75) is 33.3 Å². The third-order valence-corrected chi connectivity index (χ3v) is 1.88. The van der Waals surface area contributed by atoms with E-state index >= 15 is 0 Å². The van der Waals surface area contributed by atoms with Crippen molar-refractivity contribution in [2.24, 2.45) is 5.92 Å². The van der Waals surface area contributed by atoms with Crippen LogP contribution < -0.4 is 4.74 Å². The number of rotatable bonds is 4. The zero-order chi connectivity index (χ0) is 9.68. The molecule has 1 aromatic carbocycles. The summed E-state index contributed by atoms with van der Waals surface area (Å²) in [6.07, 6.45) is 1.41. The third kappa shape index (κ3) is 3.97. The van der Waals surface area contributed by atoms with Gasteiger partial charge in [0.15, 0.2) is 0 Å².